The Labute approximate surface area is 112 Å². The van der Waals surface area contributed by atoms with E-state index in [1.165, 1.54) is 11.1 Å². The molecule has 0 bridgehead atoms. The molecule has 0 amide bonds. The van der Waals surface area contributed by atoms with E-state index in [-0.39, 0.29) is 0 Å². The molecule has 1 N–H and O–H groups in total. The smallest absolute Gasteiger partial charge is 0.0807 e. The van der Waals surface area contributed by atoms with Gasteiger partial charge in [-0.25, -0.2) is 0 Å². The number of nitrogens with zero attached hydrogens (tertiary/aromatic N) is 2. The van der Waals surface area contributed by atoms with Crippen LogP contribution in [0.1, 0.15) is 5.56 Å². The molecule has 0 aliphatic carbocycles. The number of anilines is 1. The van der Waals surface area contributed by atoms with Crippen LogP contribution in [0.15, 0.2) is 67.3 Å². The molecule has 0 aliphatic heterocycles. The Hall–Kier alpha value is -2.55. The maximum atomic E-state index is 4.21. The number of hydrogen-bond donors (Lipinski definition) is 1. The van der Waals surface area contributed by atoms with Gasteiger partial charge in [0.25, 0.3) is 0 Å². The van der Waals surface area contributed by atoms with Crippen LogP contribution in [-0.4, -0.2) is 9.66 Å². The third-order valence-corrected chi connectivity index (χ3v) is 3.11. The molecule has 19 heavy (non-hydrogen) atoms. The summed E-state index contributed by atoms with van der Waals surface area (Å²) in [7, 11) is 0. The Balaban J connectivity index is 2.05. The van der Waals surface area contributed by atoms with Crippen molar-refractivity contribution in [2.24, 2.45) is 0 Å². The number of aryl methyl sites for hydroxylation is 1. The van der Waals surface area contributed by atoms with Gasteiger partial charge in [0.05, 0.1) is 11.9 Å². The van der Waals surface area contributed by atoms with Gasteiger partial charge in [-0.1, -0.05) is 24.3 Å². The highest BCUT2D eigenvalue weighted by Gasteiger charge is 2.07. The SMILES string of the molecule is Cc1ccccc1-c1ccncc1Nn1cccc1. The summed E-state index contributed by atoms with van der Waals surface area (Å²) in [5.74, 6) is 0. The van der Waals surface area contributed by atoms with Crippen molar-refractivity contribution in [1.29, 1.82) is 0 Å². The van der Waals surface area contributed by atoms with Crippen LogP contribution in [0.25, 0.3) is 11.1 Å². The van der Waals surface area contributed by atoms with Crippen molar-refractivity contribution >= 4 is 5.69 Å². The zero-order valence-electron chi connectivity index (χ0n) is 10.7. The molecule has 0 saturated carbocycles. The highest BCUT2D eigenvalue weighted by molar-refractivity contribution is 5.78. The minimum absolute atomic E-state index is 0.994. The Morgan fingerprint density at radius 1 is 0.947 bits per heavy atom. The van der Waals surface area contributed by atoms with Gasteiger partial charge < -0.3 is 0 Å². The summed E-state index contributed by atoms with van der Waals surface area (Å²) in [5, 5.41) is 0. The minimum Gasteiger partial charge on any atom is -0.293 e. The second-order valence-electron chi connectivity index (χ2n) is 4.44. The average molecular weight is 249 g/mol. The van der Waals surface area contributed by atoms with Crippen LogP contribution in [0.5, 0.6) is 0 Å². The van der Waals surface area contributed by atoms with E-state index < -0.39 is 0 Å². The standard InChI is InChI=1S/C16H15N3/c1-13-6-2-3-7-14(13)15-8-9-17-12-16(15)18-19-10-4-5-11-19/h2-12,18H,1H3. The fourth-order valence-electron chi connectivity index (χ4n) is 2.14. The Bertz CT molecular complexity index is 672. The molecule has 0 spiro atoms. The molecule has 2 aromatic heterocycles. The molecule has 2 heterocycles. The van der Waals surface area contributed by atoms with Gasteiger partial charge in [0, 0.05) is 24.2 Å². The third kappa shape index (κ3) is 2.36. The van der Waals surface area contributed by atoms with Gasteiger partial charge in [-0.3, -0.25) is 15.1 Å². The number of nitrogens with one attached hydrogen (secondary N) is 1. The molecule has 3 aromatic rings. The first kappa shape index (κ1) is 11.5. The van der Waals surface area contributed by atoms with Crippen molar-refractivity contribution in [2.45, 2.75) is 6.92 Å². The maximum Gasteiger partial charge on any atom is 0.0807 e. The Morgan fingerprint density at radius 3 is 2.53 bits per heavy atom. The van der Waals surface area contributed by atoms with Gasteiger partial charge in [0.15, 0.2) is 0 Å². The van der Waals surface area contributed by atoms with Crippen LogP contribution in [0.3, 0.4) is 0 Å². The van der Waals surface area contributed by atoms with Crippen molar-refractivity contribution in [1.82, 2.24) is 9.66 Å². The summed E-state index contributed by atoms with van der Waals surface area (Å²) in [5.41, 5.74) is 7.96. The largest absolute Gasteiger partial charge is 0.293 e. The van der Waals surface area contributed by atoms with Crippen LogP contribution in [0.2, 0.25) is 0 Å². The predicted molar refractivity (Wildman–Crippen MR) is 77.9 cm³/mol. The first-order valence-corrected chi connectivity index (χ1v) is 6.24. The summed E-state index contributed by atoms with van der Waals surface area (Å²) >= 11 is 0. The van der Waals surface area contributed by atoms with E-state index in [9.17, 15) is 0 Å². The van der Waals surface area contributed by atoms with Gasteiger partial charge in [-0.15, -0.1) is 0 Å². The molecule has 3 rings (SSSR count). The highest BCUT2D eigenvalue weighted by atomic mass is 15.4. The number of hydrogen-bond acceptors (Lipinski definition) is 2. The van der Waals surface area contributed by atoms with E-state index in [1.807, 2.05) is 47.7 Å². The monoisotopic (exact) mass is 249 g/mol. The Morgan fingerprint density at radius 2 is 1.74 bits per heavy atom. The molecule has 3 nitrogen and oxygen atoms in total. The Kier molecular flexibility index (Phi) is 3.02. The van der Waals surface area contributed by atoms with E-state index in [4.69, 9.17) is 0 Å². The fraction of sp³-hybridized carbons (Fsp3) is 0.0625. The average Bonchev–Trinajstić information content (AvgIpc) is 2.93. The van der Waals surface area contributed by atoms with E-state index in [0.29, 0.717) is 0 Å². The molecule has 3 heteroatoms. The summed E-state index contributed by atoms with van der Waals surface area (Å²) in [6.07, 6.45) is 7.60. The van der Waals surface area contributed by atoms with Gasteiger partial charge in [0.1, 0.15) is 0 Å². The second kappa shape index (κ2) is 4.98. The van der Waals surface area contributed by atoms with E-state index in [0.717, 1.165) is 11.3 Å². The minimum atomic E-state index is 0.994. The number of aromatic nitrogens is 2. The summed E-state index contributed by atoms with van der Waals surface area (Å²) < 4.78 is 1.92. The van der Waals surface area contributed by atoms with Gasteiger partial charge in [0.2, 0.25) is 0 Å². The summed E-state index contributed by atoms with van der Waals surface area (Å²) in [6, 6.07) is 14.4. The van der Waals surface area contributed by atoms with Crippen LogP contribution in [-0.2, 0) is 0 Å². The molecule has 0 unspecified atom stereocenters. The number of pyridine rings is 1. The van der Waals surface area contributed by atoms with E-state index >= 15 is 0 Å². The van der Waals surface area contributed by atoms with Crippen LogP contribution >= 0.6 is 0 Å². The third-order valence-electron chi connectivity index (χ3n) is 3.11. The summed E-state index contributed by atoms with van der Waals surface area (Å²) in [6.45, 7) is 2.12. The lowest BCUT2D eigenvalue weighted by molar-refractivity contribution is 0.968. The zero-order valence-corrected chi connectivity index (χ0v) is 10.7. The van der Waals surface area contributed by atoms with E-state index in [2.05, 4.69) is 41.6 Å². The zero-order chi connectivity index (χ0) is 13.1. The molecule has 0 radical (unpaired) electrons. The number of rotatable bonds is 3. The normalized spacial score (nSPS) is 10.4. The van der Waals surface area contributed by atoms with Crippen molar-refractivity contribution in [2.75, 3.05) is 5.43 Å². The molecule has 1 aromatic carbocycles. The lowest BCUT2D eigenvalue weighted by atomic mass is 10.0. The van der Waals surface area contributed by atoms with Crippen LogP contribution < -0.4 is 5.43 Å². The molecular formula is C16H15N3. The molecule has 0 aliphatic rings. The van der Waals surface area contributed by atoms with Gasteiger partial charge in [-0.05, 0) is 36.2 Å². The lowest BCUT2D eigenvalue weighted by Gasteiger charge is -2.13. The lowest BCUT2D eigenvalue weighted by Crippen LogP contribution is -2.07. The first-order valence-electron chi connectivity index (χ1n) is 6.24. The predicted octanol–water partition coefficient (Wildman–Crippen LogP) is 3.73. The molecule has 0 saturated heterocycles. The van der Waals surface area contributed by atoms with E-state index in [1.54, 1.807) is 0 Å². The van der Waals surface area contributed by atoms with Crippen molar-refractivity contribution in [3.63, 3.8) is 0 Å². The molecule has 94 valence electrons. The highest BCUT2D eigenvalue weighted by Crippen LogP contribution is 2.29. The quantitative estimate of drug-likeness (QED) is 0.766. The first-order chi connectivity index (χ1) is 9.34. The fourth-order valence-corrected chi connectivity index (χ4v) is 2.14. The maximum absolute atomic E-state index is 4.21. The van der Waals surface area contributed by atoms with Crippen molar-refractivity contribution in [3.05, 3.63) is 72.8 Å². The van der Waals surface area contributed by atoms with Crippen molar-refractivity contribution in [3.8, 4) is 11.1 Å². The van der Waals surface area contributed by atoms with Gasteiger partial charge >= 0.3 is 0 Å². The molecule has 0 fully saturated rings. The second-order valence-corrected chi connectivity index (χ2v) is 4.44. The van der Waals surface area contributed by atoms with Crippen LogP contribution in [0, 0.1) is 6.92 Å². The topological polar surface area (TPSA) is 29.9 Å². The number of benzene rings is 1. The molecular weight excluding hydrogens is 234 g/mol. The molecule has 0 atom stereocenters. The van der Waals surface area contributed by atoms with Crippen LogP contribution in [0.4, 0.5) is 5.69 Å². The van der Waals surface area contributed by atoms with Crippen molar-refractivity contribution < 1.29 is 0 Å². The summed E-state index contributed by atoms with van der Waals surface area (Å²) in [4.78, 5) is 4.21. The van der Waals surface area contributed by atoms with Gasteiger partial charge in [-0.2, -0.15) is 0 Å².